The zero-order chi connectivity index (χ0) is 15.7. The summed E-state index contributed by atoms with van der Waals surface area (Å²) in [6.45, 7) is 12.1. The van der Waals surface area contributed by atoms with E-state index in [-0.39, 0.29) is 5.54 Å². The van der Waals surface area contributed by atoms with Gasteiger partial charge in [0.25, 0.3) is 0 Å². The maximum absolute atomic E-state index is 11.7. The van der Waals surface area contributed by atoms with Crippen LogP contribution in [0.2, 0.25) is 0 Å². The molecule has 0 aromatic carbocycles. The Morgan fingerprint density at radius 1 is 1.29 bits per heavy atom. The molecule has 2 aliphatic heterocycles. The lowest BCUT2D eigenvalue weighted by atomic mass is 9.85. The molecule has 5 heteroatoms. The van der Waals surface area contributed by atoms with Crippen LogP contribution >= 0.6 is 0 Å². The van der Waals surface area contributed by atoms with E-state index in [4.69, 9.17) is 0 Å². The van der Waals surface area contributed by atoms with Gasteiger partial charge in [-0.15, -0.1) is 0 Å². The molecule has 0 aromatic heterocycles. The lowest BCUT2D eigenvalue weighted by Gasteiger charge is -2.49. The van der Waals surface area contributed by atoms with Crippen molar-refractivity contribution < 1.29 is 8.42 Å². The van der Waals surface area contributed by atoms with Crippen molar-refractivity contribution in [3.8, 4) is 0 Å². The molecule has 2 unspecified atom stereocenters. The molecule has 2 saturated heterocycles. The van der Waals surface area contributed by atoms with Crippen molar-refractivity contribution in [3.05, 3.63) is 0 Å². The number of rotatable bonds is 5. The van der Waals surface area contributed by atoms with E-state index in [1.54, 1.807) is 0 Å². The highest BCUT2D eigenvalue weighted by atomic mass is 32.2. The number of nitrogens with zero attached hydrogens (tertiary/aromatic N) is 1. The molecule has 21 heavy (non-hydrogen) atoms. The Labute approximate surface area is 130 Å². The third kappa shape index (κ3) is 3.99. The van der Waals surface area contributed by atoms with Crippen LogP contribution in [0, 0.1) is 11.8 Å². The van der Waals surface area contributed by atoms with Gasteiger partial charge < -0.3 is 5.32 Å². The molecule has 0 amide bonds. The molecule has 2 heterocycles. The molecule has 2 fully saturated rings. The van der Waals surface area contributed by atoms with Crippen molar-refractivity contribution in [3.63, 3.8) is 0 Å². The summed E-state index contributed by atoms with van der Waals surface area (Å²) in [6, 6.07) is 0.527. The summed E-state index contributed by atoms with van der Waals surface area (Å²) in [6.07, 6.45) is 3.11. The van der Waals surface area contributed by atoms with Gasteiger partial charge in [-0.2, -0.15) is 0 Å². The second kappa shape index (κ2) is 6.55. The molecule has 1 N–H and O–H groups in total. The number of hydrogen-bond donors (Lipinski definition) is 1. The van der Waals surface area contributed by atoms with Gasteiger partial charge in [-0.25, -0.2) is 8.42 Å². The fourth-order valence-corrected chi connectivity index (χ4v) is 5.79. The molecule has 2 atom stereocenters. The highest BCUT2D eigenvalue weighted by Crippen LogP contribution is 2.28. The van der Waals surface area contributed by atoms with Gasteiger partial charge in [-0.1, -0.05) is 27.7 Å². The molecule has 4 nitrogen and oxygen atoms in total. The Morgan fingerprint density at radius 3 is 2.43 bits per heavy atom. The van der Waals surface area contributed by atoms with Crippen LogP contribution in [-0.2, 0) is 9.84 Å². The van der Waals surface area contributed by atoms with E-state index in [1.807, 2.05) is 0 Å². The SMILES string of the molecule is CCC1(CC)CN(CC2CCS(=O)(=O)C2)C(C(C)C)CN1. The second-order valence-corrected chi connectivity index (χ2v) is 9.61. The second-order valence-electron chi connectivity index (χ2n) is 7.38. The highest BCUT2D eigenvalue weighted by molar-refractivity contribution is 7.91. The molecule has 0 aromatic rings. The molecule has 124 valence electrons. The van der Waals surface area contributed by atoms with Gasteiger partial charge in [0.2, 0.25) is 0 Å². The number of hydrogen-bond acceptors (Lipinski definition) is 4. The molecule has 2 aliphatic rings. The minimum atomic E-state index is -2.77. The molecule has 0 aliphatic carbocycles. The fourth-order valence-electron chi connectivity index (χ4n) is 3.94. The Hall–Kier alpha value is -0.130. The van der Waals surface area contributed by atoms with E-state index in [0.717, 1.165) is 38.9 Å². The molecule has 2 rings (SSSR count). The quantitative estimate of drug-likeness (QED) is 0.842. The summed E-state index contributed by atoms with van der Waals surface area (Å²) in [5.74, 6) is 1.72. The van der Waals surface area contributed by atoms with Crippen molar-refractivity contribution in [2.75, 3.05) is 31.1 Å². The van der Waals surface area contributed by atoms with E-state index in [0.29, 0.717) is 29.4 Å². The molecule has 0 bridgehead atoms. The minimum Gasteiger partial charge on any atom is -0.308 e. The Morgan fingerprint density at radius 2 is 1.95 bits per heavy atom. The van der Waals surface area contributed by atoms with Crippen molar-refractivity contribution in [2.45, 2.75) is 58.5 Å². The van der Waals surface area contributed by atoms with Crippen molar-refractivity contribution >= 4 is 9.84 Å². The third-order valence-corrected chi connectivity index (χ3v) is 7.44. The van der Waals surface area contributed by atoms with E-state index < -0.39 is 9.84 Å². The monoisotopic (exact) mass is 316 g/mol. The molecule has 0 spiro atoms. The smallest absolute Gasteiger partial charge is 0.150 e. The van der Waals surface area contributed by atoms with E-state index in [9.17, 15) is 8.42 Å². The lowest BCUT2D eigenvalue weighted by Crippen LogP contribution is -2.65. The first kappa shape index (κ1) is 17.2. The average molecular weight is 317 g/mol. The summed E-state index contributed by atoms with van der Waals surface area (Å²) in [7, 11) is -2.77. The minimum absolute atomic E-state index is 0.211. The normalized spacial score (nSPS) is 32.6. The summed E-state index contributed by atoms with van der Waals surface area (Å²) >= 11 is 0. The predicted octanol–water partition coefficient (Wildman–Crippen LogP) is 1.91. The highest BCUT2D eigenvalue weighted by Gasteiger charge is 2.39. The zero-order valence-corrected chi connectivity index (χ0v) is 14.9. The molecule has 0 saturated carbocycles. The van der Waals surface area contributed by atoms with Crippen molar-refractivity contribution in [1.82, 2.24) is 10.2 Å². The Kier molecular flexibility index (Phi) is 5.37. The summed E-state index contributed by atoms with van der Waals surface area (Å²) in [4.78, 5) is 2.58. The third-order valence-electron chi connectivity index (χ3n) is 5.60. The molecule has 0 radical (unpaired) electrons. The largest absolute Gasteiger partial charge is 0.308 e. The van der Waals surface area contributed by atoms with Gasteiger partial charge in [0.1, 0.15) is 0 Å². The van der Waals surface area contributed by atoms with Crippen LogP contribution in [0.5, 0.6) is 0 Å². The lowest BCUT2D eigenvalue weighted by molar-refractivity contribution is 0.0408. The first-order valence-corrected chi connectivity index (χ1v) is 10.3. The van der Waals surface area contributed by atoms with Gasteiger partial charge in [-0.3, -0.25) is 4.90 Å². The Bertz CT molecular complexity index is 443. The van der Waals surface area contributed by atoms with Gasteiger partial charge >= 0.3 is 0 Å². The first-order chi connectivity index (χ1) is 9.81. The van der Waals surface area contributed by atoms with Crippen LogP contribution in [0.25, 0.3) is 0 Å². The van der Waals surface area contributed by atoms with E-state index in [1.165, 1.54) is 0 Å². The maximum atomic E-state index is 11.7. The fraction of sp³-hybridized carbons (Fsp3) is 1.00. The van der Waals surface area contributed by atoms with Gasteiger partial charge in [0.05, 0.1) is 11.5 Å². The summed E-state index contributed by atoms with van der Waals surface area (Å²) < 4.78 is 23.4. The van der Waals surface area contributed by atoms with Gasteiger partial charge in [-0.05, 0) is 31.1 Å². The van der Waals surface area contributed by atoms with Crippen LogP contribution in [0.15, 0.2) is 0 Å². The van der Waals surface area contributed by atoms with Gasteiger partial charge in [0, 0.05) is 31.2 Å². The first-order valence-electron chi connectivity index (χ1n) is 8.50. The standard InChI is InChI=1S/C16H32N2O2S/c1-5-16(6-2)12-18(15(9-17-16)13(3)4)10-14-7-8-21(19,20)11-14/h13-15,17H,5-12H2,1-4H3. The molecular formula is C16H32N2O2S. The maximum Gasteiger partial charge on any atom is 0.150 e. The zero-order valence-electron chi connectivity index (χ0n) is 14.1. The predicted molar refractivity (Wildman–Crippen MR) is 88.3 cm³/mol. The van der Waals surface area contributed by atoms with Crippen molar-refractivity contribution in [2.24, 2.45) is 11.8 Å². The topological polar surface area (TPSA) is 49.4 Å². The Balaban J connectivity index is 2.07. The number of piperazine rings is 1. The average Bonchev–Trinajstić information content (AvgIpc) is 2.77. The van der Waals surface area contributed by atoms with E-state index >= 15 is 0 Å². The summed E-state index contributed by atoms with van der Waals surface area (Å²) in [5, 5.41) is 3.77. The van der Waals surface area contributed by atoms with Crippen LogP contribution in [0.1, 0.15) is 47.0 Å². The summed E-state index contributed by atoms with van der Waals surface area (Å²) in [5.41, 5.74) is 0.211. The van der Waals surface area contributed by atoms with Crippen LogP contribution in [-0.4, -0.2) is 56.0 Å². The van der Waals surface area contributed by atoms with E-state index in [2.05, 4.69) is 37.9 Å². The van der Waals surface area contributed by atoms with Crippen molar-refractivity contribution in [1.29, 1.82) is 0 Å². The van der Waals surface area contributed by atoms with Crippen LogP contribution < -0.4 is 5.32 Å². The van der Waals surface area contributed by atoms with Gasteiger partial charge in [0.15, 0.2) is 9.84 Å². The molecular weight excluding hydrogens is 284 g/mol. The van der Waals surface area contributed by atoms with Crippen LogP contribution in [0.3, 0.4) is 0 Å². The van der Waals surface area contributed by atoms with Crippen LogP contribution in [0.4, 0.5) is 0 Å². The number of nitrogens with one attached hydrogen (secondary N) is 1. The number of sulfone groups is 1.